The van der Waals surface area contributed by atoms with Crippen LogP contribution in [0, 0.1) is 6.92 Å². The van der Waals surface area contributed by atoms with E-state index in [2.05, 4.69) is 41.4 Å². The second-order valence-corrected chi connectivity index (χ2v) is 3.86. The molecule has 0 spiro atoms. The molecule has 0 aromatic carbocycles. The number of rotatable bonds is 2. The third kappa shape index (κ3) is 2.43. The van der Waals surface area contributed by atoms with Crippen LogP contribution in [-0.2, 0) is 0 Å². The summed E-state index contributed by atoms with van der Waals surface area (Å²) in [6.45, 7) is 1.75. The molecule has 2 N–H and O–H groups in total. The van der Waals surface area contributed by atoms with Gasteiger partial charge in [0.1, 0.15) is 16.1 Å². The summed E-state index contributed by atoms with van der Waals surface area (Å²) < 4.78 is 0.603. The van der Waals surface area contributed by atoms with Crippen molar-refractivity contribution in [2.75, 3.05) is 5.32 Å². The number of hydrogen-bond acceptors (Lipinski definition) is 4. The van der Waals surface area contributed by atoms with Gasteiger partial charge < -0.3 is 0 Å². The van der Waals surface area contributed by atoms with E-state index in [9.17, 15) is 4.79 Å². The molecule has 0 fully saturated rings. The summed E-state index contributed by atoms with van der Waals surface area (Å²) in [6.07, 6.45) is 0. The van der Waals surface area contributed by atoms with Gasteiger partial charge in [-0.2, -0.15) is 4.98 Å². The first-order chi connectivity index (χ1) is 7.65. The van der Waals surface area contributed by atoms with Crippen LogP contribution in [0.15, 0.2) is 22.8 Å². The molecule has 16 heavy (non-hydrogen) atoms. The number of H-pyrrole nitrogens is 1. The first-order valence-electron chi connectivity index (χ1n) is 4.48. The van der Waals surface area contributed by atoms with Gasteiger partial charge >= 0.3 is 0 Å². The van der Waals surface area contributed by atoms with Crippen molar-refractivity contribution in [3.05, 3.63) is 34.3 Å². The number of anilines is 1. The molecule has 0 atom stereocenters. The number of amides is 1. The normalized spacial score (nSPS) is 10.1. The molecule has 2 rings (SSSR count). The molecule has 2 aromatic heterocycles. The zero-order chi connectivity index (χ0) is 11.5. The molecule has 0 saturated heterocycles. The highest BCUT2D eigenvalue weighted by atomic mass is 79.9. The zero-order valence-electron chi connectivity index (χ0n) is 8.36. The van der Waals surface area contributed by atoms with Crippen molar-refractivity contribution in [3.63, 3.8) is 0 Å². The molecule has 0 unspecified atom stereocenters. The van der Waals surface area contributed by atoms with Gasteiger partial charge in [0.2, 0.25) is 5.95 Å². The van der Waals surface area contributed by atoms with Crippen molar-refractivity contribution < 1.29 is 4.79 Å². The van der Waals surface area contributed by atoms with E-state index in [1.165, 1.54) is 0 Å². The predicted molar refractivity (Wildman–Crippen MR) is 61.0 cm³/mol. The SMILES string of the molecule is Cc1nc(NC(=O)c2cccc(Br)n2)n[nH]1. The average Bonchev–Trinajstić information content (AvgIpc) is 2.64. The summed E-state index contributed by atoms with van der Waals surface area (Å²) in [7, 11) is 0. The van der Waals surface area contributed by atoms with Gasteiger partial charge in [-0.3, -0.25) is 15.2 Å². The van der Waals surface area contributed by atoms with E-state index in [0.29, 0.717) is 16.1 Å². The first kappa shape index (κ1) is 10.7. The highest BCUT2D eigenvalue weighted by molar-refractivity contribution is 9.10. The molecular formula is C9H8BrN5O. The predicted octanol–water partition coefficient (Wildman–Crippen LogP) is 1.52. The van der Waals surface area contributed by atoms with E-state index in [-0.39, 0.29) is 11.9 Å². The number of hydrogen-bond donors (Lipinski definition) is 2. The summed E-state index contributed by atoms with van der Waals surface area (Å²) in [5.41, 5.74) is 0.303. The number of aryl methyl sites for hydroxylation is 1. The Morgan fingerprint density at radius 2 is 2.25 bits per heavy atom. The van der Waals surface area contributed by atoms with Crippen LogP contribution in [0.1, 0.15) is 16.3 Å². The fourth-order valence-electron chi connectivity index (χ4n) is 1.10. The van der Waals surface area contributed by atoms with Crippen molar-refractivity contribution in [2.45, 2.75) is 6.92 Å². The van der Waals surface area contributed by atoms with Crippen LogP contribution in [0.2, 0.25) is 0 Å². The minimum absolute atomic E-state index is 0.240. The van der Waals surface area contributed by atoms with Crippen LogP contribution in [-0.4, -0.2) is 26.1 Å². The van der Waals surface area contributed by atoms with E-state index in [1.807, 2.05) is 0 Å². The van der Waals surface area contributed by atoms with Crippen LogP contribution >= 0.6 is 15.9 Å². The lowest BCUT2D eigenvalue weighted by Crippen LogP contribution is -2.14. The molecule has 6 nitrogen and oxygen atoms in total. The maximum absolute atomic E-state index is 11.7. The monoisotopic (exact) mass is 281 g/mol. The van der Waals surface area contributed by atoms with Gasteiger partial charge in [0.25, 0.3) is 5.91 Å². The van der Waals surface area contributed by atoms with Gasteiger partial charge in [0, 0.05) is 0 Å². The summed E-state index contributed by atoms with van der Waals surface area (Å²) in [6, 6.07) is 5.09. The Bertz CT molecular complexity index is 524. The highest BCUT2D eigenvalue weighted by Crippen LogP contribution is 2.07. The van der Waals surface area contributed by atoms with E-state index in [0.717, 1.165) is 0 Å². The van der Waals surface area contributed by atoms with Crippen molar-refractivity contribution >= 4 is 27.8 Å². The minimum Gasteiger partial charge on any atom is -0.288 e. The first-order valence-corrected chi connectivity index (χ1v) is 5.27. The molecule has 2 heterocycles. The maximum Gasteiger partial charge on any atom is 0.276 e. The Labute approximate surface area is 99.6 Å². The number of nitrogens with zero attached hydrogens (tertiary/aromatic N) is 3. The van der Waals surface area contributed by atoms with Crippen molar-refractivity contribution in [1.82, 2.24) is 20.2 Å². The largest absolute Gasteiger partial charge is 0.288 e. The van der Waals surface area contributed by atoms with Crippen molar-refractivity contribution in [3.8, 4) is 0 Å². The van der Waals surface area contributed by atoms with Gasteiger partial charge in [-0.1, -0.05) is 6.07 Å². The topological polar surface area (TPSA) is 83.6 Å². The molecule has 0 bridgehead atoms. The van der Waals surface area contributed by atoms with Crippen LogP contribution in [0.4, 0.5) is 5.95 Å². The van der Waals surface area contributed by atoms with Crippen molar-refractivity contribution in [2.24, 2.45) is 0 Å². The number of halogens is 1. The lowest BCUT2D eigenvalue weighted by molar-refractivity contribution is 0.102. The molecule has 7 heteroatoms. The fraction of sp³-hybridized carbons (Fsp3) is 0.111. The van der Waals surface area contributed by atoms with E-state index < -0.39 is 0 Å². The molecule has 0 aliphatic carbocycles. The Morgan fingerprint density at radius 3 is 2.88 bits per heavy atom. The number of aromatic nitrogens is 4. The molecule has 0 radical (unpaired) electrons. The Kier molecular flexibility index (Phi) is 2.95. The highest BCUT2D eigenvalue weighted by Gasteiger charge is 2.10. The Hall–Kier alpha value is -1.76. The zero-order valence-corrected chi connectivity index (χ0v) is 9.95. The number of nitrogens with one attached hydrogen (secondary N) is 2. The number of aromatic amines is 1. The molecule has 0 aliphatic heterocycles. The van der Waals surface area contributed by atoms with Gasteiger partial charge in [-0.05, 0) is 35.0 Å². The standard InChI is InChI=1S/C9H8BrN5O/c1-5-11-9(15-14-5)13-8(16)6-3-2-4-7(10)12-6/h2-4H,1H3,(H2,11,13,14,15,16). The molecule has 2 aromatic rings. The van der Waals surface area contributed by atoms with Crippen LogP contribution in [0.25, 0.3) is 0 Å². The number of carbonyl (C=O) groups is 1. The van der Waals surface area contributed by atoms with Gasteiger partial charge in [0.15, 0.2) is 0 Å². The van der Waals surface area contributed by atoms with Crippen LogP contribution < -0.4 is 5.32 Å². The lowest BCUT2D eigenvalue weighted by Gasteiger charge is -1.99. The fourth-order valence-corrected chi connectivity index (χ4v) is 1.44. The second-order valence-electron chi connectivity index (χ2n) is 3.04. The summed E-state index contributed by atoms with van der Waals surface area (Å²) in [5, 5.41) is 8.96. The van der Waals surface area contributed by atoms with Gasteiger partial charge in [-0.15, -0.1) is 5.10 Å². The van der Waals surface area contributed by atoms with Crippen LogP contribution in [0.3, 0.4) is 0 Å². The van der Waals surface area contributed by atoms with E-state index in [1.54, 1.807) is 25.1 Å². The quantitative estimate of drug-likeness (QED) is 0.818. The summed E-state index contributed by atoms with van der Waals surface area (Å²) in [4.78, 5) is 19.7. The summed E-state index contributed by atoms with van der Waals surface area (Å²) in [5.74, 6) is 0.530. The summed E-state index contributed by atoms with van der Waals surface area (Å²) >= 11 is 3.19. The minimum atomic E-state index is -0.347. The molecular weight excluding hydrogens is 274 g/mol. The third-order valence-electron chi connectivity index (χ3n) is 1.77. The van der Waals surface area contributed by atoms with Crippen LogP contribution in [0.5, 0.6) is 0 Å². The van der Waals surface area contributed by atoms with Gasteiger partial charge in [0.05, 0.1) is 0 Å². The smallest absolute Gasteiger partial charge is 0.276 e. The second kappa shape index (κ2) is 4.40. The molecule has 1 amide bonds. The molecule has 0 aliphatic rings. The number of pyridine rings is 1. The lowest BCUT2D eigenvalue weighted by atomic mass is 10.3. The van der Waals surface area contributed by atoms with E-state index >= 15 is 0 Å². The van der Waals surface area contributed by atoms with Gasteiger partial charge in [-0.25, -0.2) is 4.98 Å². The Morgan fingerprint density at radius 1 is 1.44 bits per heavy atom. The molecule has 82 valence electrons. The Balaban J connectivity index is 2.14. The van der Waals surface area contributed by atoms with E-state index in [4.69, 9.17) is 0 Å². The van der Waals surface area contributed by atoms with Crippen molar-refractivity contribution in [1.29, 1.82) is 0 Å². The number of carbonyl (C=O) groups excluding carboxylic acids is 1. The maximum atomic E-state index is 11.7. The average molecular weight is 282 g/mol. The molecule has 0 saturated carbocycles. The third-order valence-corrected chi connectivity index (χ3v) is 2.21.